The predicted octanol–water partition coefficient (Wildman–Crippen LogP) is 2.02. The topological polar surface area (TPSA) is 88.2 Å². The van der Waals surface area contributed by atoms with Crippen LogP contribution in [0.25, 0.3) is 0 Å². The summed E-state index contributed by atoms with van der Waals surface area (Å²) in [6.07, 6.45) is 3.67. The van der Waals surface area contributed by atoms with Crippen molar-refractivity contribution in [3.05, 3.63) is 35.9 Å². The Morgan fingerprint density at radius 3 is 2.52 bits per heavy atom. The van der Waals surface area contributed by atoms with Crippen molar-refractivity contribution in [2.75, 3.05) is 6.54 Å². The summed E-state index contributed by atoms with van der Waals surface area (Å²) in [5, 5.41) is 10.0. The van der Waals surface area contributed by atoms with Gasteiger partial charge in [0.1, 0.15) is 6.61 Å². The summed E-state index contributed by atoms with van der Waals surface area (Å²) >= 11 is 0. The molecule has 0 atom stereocenters. The van der Waals surface area contributed by atoms with Gasteiger partial charge in [0.2, 0.25) is 0 Å². The van der Waals surface area contributed by atoms with E-state index in [9.17, 15) is 4.79 Å². The number of benzene rings is 1. The molecule has 0 bridgehead atoms. The maximum atomic E-state index is 12.1. The van der Waals surface area contributed by atoms with Gasteiger partial charge in [0.05, 0.1) is 5.92 Å². The molecule has 0 aromatic heterocycles. The second kappa shape index (κ2) is 7.67. The first kappa shape index (κ1) is 15.4. The molecular weight excluding hydrogens is 266 g/mol. The fourth-order valence-electron chi connectivity index (χ4n) is 2.70. The van der Waals surface area contributed by atoms with Gasteiger partial charge in [-0.1, -0.05) is 30.3 Å². The summed E-state index contributed by atoms with van der Waals surface area (Å²) in [7, 11) is 0. The van der Waals surface area contributed by atoms with Gasteiger partial charge in [-0.15, -0.1) is 0 Å². The van der Waals surface area contributed by atoms with Crippen LogP contribution in [0.2, 0.25) is 0 Å². The molecule has 5 nitrogen and oxygen atoms in total. The number of nitrogens with one attached hydrogen (secondary N) is 2. The van der Waals surface area contributed by atoms with Crippen LogP contribution in [-0.2, 0) is 16.1 Å². The fourth-order valence-corrected chi connectivity index (χ4v) is 2.70. The summed E-state index contributed by atoms with van der Waals surface area (Å²) in [4.78, 5) is 12.1. The number of nitrogens with two attached hydrogens (primary N) is 1. The van der Waals surface area contributed by atoms with Gasteiger partial charge >= 0.3 is 5.97 Å². The summed E-state index contributed by atoms with van der Waals surface area (Å²) in [5.74, 6) is 0.436. The molecule has 0 saturated heterocycles. The first-order chi connectivity index (χ1) is 10.1. The van der Waals surface area contributed by atoms with Crippen molar-refractivity contribution in [2.24, 2.45) is 17.6 Å². The summed E-state index contributed by atoms with van der Waals surface area (Å²) in [6.45, 7) is 1.08. The Hall–Kier alpha value is -2.04. The highest BCUT2D eigenvalue weighted by Crippen LogP contribution is 2.29. The number of ether oxygens (including phenoxy) is 1. The van der Waals surface area contributed by atoms with Crippen LogP contribution in [0.15, 0.2) is 30.3 Å². The van der Waals surface area contributed by atoms with E-state index in [1.807, 2.05) is 30.3 Å². The van der Waals surface area contributed by atoms with Crippen molar-refractivity contribution in [3.8, 4) is 0 Å². The van der Waals surface area contributed by atoms with Crippen LogP contribution < -0.4 is 11.1 Å². The lowest BCUT2D eigenvalue weighted by molar-refractivity contribution is -0.151. The van der Waals surface area contributed by atoms with Gasteiger partial charge in [0.15, 0.2) is 5.96 Å². The van der Waals surface area contributed by atoms with E-state index in [1.165, 1.54) is 0 Å². The van der Waals surface area contributed by atoms with E-state index in [0.29, 0.717) is 12.5 Å². The van der Waals surface area contributed by atoms with Crippen LogP contribution in [0.1, 0.15) is 31.2 Å². The molecule has 1 aromatic carbocycles. The molecule has 0 amide bonds. The van der Waals surface area contributed by atoms with Gasteiger partial charge in [0.25, 0.3) is 0 Å². The van der Waals surface area contributed by atoms with E-state index in [0.717, 1.165) is 37.8 Å². The SMILES string of the molecule is N=C(N)NC[C@H]1CC[C@H](C(=O)OCc2ccccc2)CC1. The molecule has 4 N–H and O–H groups in total. The maximum Gasteiger partial charge on any atom is 0.309 e. The highest BCUT2D eigenvalue weighted by atomic mass is 16.5. The molecule has 1 aliphatic carbocycles. The van der Waals surface area contributed by atoms with E-state index < -0.39 is 0 Å². The molecule has 1 aromatic rings. The lowest BCUT2D eigenvalue weighted by atomic mass is 9.82. The van der Waals surface area contributed by atoms with E-state index in [1.54, 1.807) is 0 Å². The molecule has 0 radical (unpaired) electrons. The standard InChI is InChI=1S/C16H23N3O2/c17-16(18)19-10-12-6-8-14(9-7-12)15(20)21-11-13-4-2-1-3-5-13/h1-5,12,14H,6-11H2,(H4,17,18,19)/t12-,14-. The number of guanidine groups is 1. The summed E-state index contributed by atoms with van der Waals surface area (Å²) < 4.78 is 5.39. The molecule has 5 heteroatoms. The fraction of sp³-hybridized carbons (Fsp3) is 0.500. The Kier molecular flexibility index (Phi) is 5.60. The molecule has 21 heavy (non-hydrogen) atoms. The van der Waals surface area contributed by atoms with Gasteiger partial charge in [-0.2, -0.15) is 0 Å². The number of carbonyl (C=O) groups is 1. The van der Waals surface area contributed by atoms with E-state index in [2.05, 4.69) is 5.32 Å². The van der Waals surface area contributed by atoms with Gasteiger partial charge in [0, 0.05) is 6.54 Å². The molecule has 1 saturated carbocycles. The van der Waals surface area contributed by atoms with Crippen LogP contribution in [0.3, 0.4) is 0 Å². The molecule has 114 valence electrons. The predicted molar refractivity (Wildman–Crippen MR) is 81.6 cm³/mol. The zero-order valence-corrected chi connectivity index (χ0v) is 12.2. The zero-order valence-electron chi connectivity index (χ0n) is 12.2. The average molecular weight is 289 g/mol. The highest BCUT2D eigenvalue weighted by molar-refractivity contribution is 5.74. The van der Waals surface area contributed by atoms with Crippen LogP contribution in [0, 0.1) is 17.2 Å². The number of hydrogen-bond donors (Lipinski definition) is 3. The van der Waals surface area contributed by atoms with Gasteiger partial charge in [-0.05, 0) is 37.2 Å². The van der Waals surface area contributed by atoms with E-state index >= 15 is 0 Å². The van der Waals surface area contributed by atoms with E-state index in [4.69, 9.17) is 15.9 Å². The Morgan fingerprint density at radius 1 is 1.24 bits per heavy atom. The zero-order chi connectivity index (χ0) is 15.1. The molecule has 1 fully saturated rings. The first-order valence-electron chi connectivity index (χ1n) is 7.43. The number of esters is 1. The van der Waals surface area contributed by atoms with Crippen molar-refractivity contribution >= 4 is 11.9 Å². The molecule has 0 aliphatic heterocycles. The lowest BCUT2D eigenvalue weighted by Crippen LogP contribution is -2.36. The third-order valence-corrected chi connectivity index (χ3v) is 3.99. The van der Waals surface area contributed by atoms with Crippen LogP contribution >= 0.6 is 0 Å². The first-order valence-corrected chi connectivity index (χ1v) is 7.43. The Labute approximate surface area is 125 Å². The highest BCUT2D eigenvalue weighted by Gasteiger charge is 2.27. The third-order valence-electron chi connectivity index (χ3n) is 3.99. The summed E-state index contributed by atoms with van der Waals surface area (Å²) in [5.41, 5.74) is 6.30. The monoisotopic (exact) mass is 289 g/mol. The molecule has 0 unspecified atom stereocenters. The number of carbonyl (C=O) groups excluding carboxylic acids is 1. The minimum Gasteiger partial charge on any atom is -0.461 e. The van der Waals surface area contributed by atoms with Gasteiger partial charge < -0.3 is 15.8 Å². The van der Waals surface area contributed by atoms with Crippen LogP contribution in [0.5, 0.6) is 0 Å². The number of rotatable bonds is 5. The molecule has 0 heterocycles. The largest absolute Gasteiger partial charge is 0.461 e. The third kappa shape index (κ3) is 5.10. The molecule has 2 rings (SSSR count). The molecular formula is C16H23N3O2. The minimum atomic E-state index is -0.0863. The Morgan fingerprint density at radius 2 is 1.90 bits per heavy atom. The van der Waals surface area contributed by atoms with E-state index in [-0.39, 0.29) is 17.8 Å². The molecule has 1 aliphatic rings. The lowest BCUT2D eigenvalue weighted by Gasteiger charge is -2.27. The van der Waals surface area contributed by atoms with Crippen LogP contribution in [0.4, 0.5) is 0 Å². The summed E-state index contributed by atoms with van der Waals surface area (Å²) in [6, 6.07) is 9.74. The molecule has 0 spiro atoms. The normalized spacial score (nSPS) is 21.5. The average Bonchev–Trinajstić information content (AvgIpc) is 2.52. The smallest absolute Gasteiger partial charge is 0.309 e. The second-order valence-corrected chi connectivity index (χ2v) is 5.61. The Bertz CT molecular complexity index is 468. The van der Waals surface area contributed by atoms with Crippen LogP contribution in [-0.4, -0.2) is 18.5 Å². The van der Waals surface area contributed by atoms with Gasteiger partial charge in [-0.25, -0.2) is 0 Å². The minimum absolute atomic E-state index is 0.0133. The maximum absolute atomic E-state index is 12.1. The second-order valence-electron chi connectivity index (χ2n) is 5.61. The van der Waals surface area contributed by atoms with Crippen molar-refractivity contribution in [3.63, 3.8) is 0 Å². The Balaban J connectivity index is 1.69. The van der Waals surface area contributed by atoms with Crippen molar-refractivity contribution < 1.29 is 9.53 Å². The van der Waals surface area contributed by atoms with Crippen molar-refractivity contribution in [1.29, 1.82) is 5.41 Å². The van der Waals surface area contributed by atoms with Crippen molar-refractivity contribution in [1.82, 2.24) is 5.32 Å². The van der Waals surface area contributed by atoms with Gasteiger partial charge in [-0.3, -0.25) is 10.2 Å². The quantitative estimate of drug-likeness (QED) is 0.439. The van der Waals surface area contributed by atoms with Crippen molar-refractivity contribution in [2.45, 2.75) is 32.3 Å². The number of hydrogen-bond acceptors (Lipinski definition) is 3.